The molecule has 0 aromatic heterocycles. The van der Waals surface area contributed by atoms with Crippen molar-refractivity contribution in [2.24, 2.45) is 11.7 Å². The Morgan fingerprint density at radius 2 is 2.28 bits per heavy atom. The molecule has 0 aromatic carbocycles. The SMILES string of the molecule is CCC(C(=O)OCC(C)C)N1CCC=CC1CN. The van der Waals surface area contributed by atoms with Gasteiger partial charge in [-0.05, 0) is 18.8 Å². The van der Waals surface area contributed by atoms with Gasteiger partial charge >= 0.3 is 5.97 Å². The second-order valence-corrected chi connectivity index (χ2v) is 5.21. The van der Waals surface area contributed by atoms with E-state index in [-0.39, 0.29) is 18.1 Å². The molecule has 0 aliphatic carbocycles. The Balaban J connectivity index is 2.63. The number of nitrogens with zero attached hydrogens (tertiary/aromatic N) is 1. The number of carbonyl (C=O) groups is 1. The fraction of sp³-hybridized carbons (Fsp3) is 0.786. The van der Waals surface area contributed by atoms with Crippen LogP contribution in [0.1, 0.15) is 33.6 Å². The van der Waals surface area contributed by atoms with Crippen LogP contribution in [0, 0.1) is 5.92 Å². The maximum atomic E-state index is 12.1. The molecular formula is C14H26N2O2. The summed E-state index contributed by atoms with van der Waals surface area (Å²) >= 11 is 0. The predicted molar refractivity (Wildman–Crippen MR) is 73.2 cm³/mol. The molecule has 0 saturated heterocycles. The van der Waals surface area contributed by atoms with Gasteiger partial charge in [-0.25, -0.2) is 0 Å². The molecule has 0 fully saturated rings. The van der Waals surface area contributed by atoms with Crippen LogP contribution in [0.4, 0.5) is 0 Å². The Kier molecular flexibility index (Phi) is 6.36. The molecule has 0 aromatic rings. The first-order valence-corrected chi connectivity index (χ1v) is 6.89. The van der Waals surface area contributed by atoms with Crippen LogP contribution < -0.4 is 5.73 Å². The third-order valence-electron chi connectivity index (χ3n) is 3.20. The van der Waals surface area contributed by atoms with Crippen molar-refractivity contribution in [3.05, 3.63) is 12.2 Å². The summed E-state index contributed by atoms with van der Waals surface area (Å²) in [6.07, 6.45) is 5.98. The first-order valence-electron chi connectivity index (χ1n) is 6.89. The molecule has 2 N–H and O–H groups in total. The van der Waals surface area contributed by atoms with E-state index in [2.05, 4.69) is 17.1 Å². The van der Waals surface area contributed by atoms with Gasteiger partial charge in [0.1, 0.15) is 6.04 Å². The molecule has 1 heterocycles. The Hall–Kier alpha value is -0.870. The number of hydrogen-bond donors (Lipinski definition) is 1. The summed E-state index contributed by atoms with van der Waals surface area (Å²) in [6.45, 7) is 8.03. The lowest BCUT2D eigenvalue weighted by atomic mass is 10.0. The smallest absolute Gasteiger partial charge is 0.323 e. The van der Waals surface area contributed by atoms with Gasteiger partial charge in [0.15, 0.2) is 0 Å². The molecular weight excluding hydrogens is 228 g/mol. The van der Waals surface area contributed by atoms with Gasteiger partial charge in [0, 0.05) is 19.1 Å². The fourth-order valence-electron chi connectivity index (χ4n) is 2.24. The van der Waals surface area contributed by atoms with Crippen molar-refractivity contribution in [2.45, 2.75) is 45.7 Å². The highest BCUT2D eigenvalue weighted by Crippen LogP contribution is 2.17. The largest absolute Gasteiger partial charge is 0.464 e. The van der Waals surface area contributed by atoms with Crippen molar-refractivity contribution in [3.8, 4) is 0 Å². The van der Waals surface area contributed by atoms with E-state index in [9.17, 15) is 4.79 Å². The van der Waals surface area contributed by atoms with Crippen LogP contribution in [-0.4, -0.2) is 42.6 Å². The summed E-state index contributed by atoms with van der Waals surface area (Å²) in [7, 11) is 0. The van der Waals surface area contributed by atoms with Crippen LogP contribution in [0.3, 0.4) is 0 Å². The third-order valence-corrected chi connectivity index (χ3v) is 3.20. The van der Waals surface area contributed by atoms with E-state index in [0.717, 1.165) is 19.4 Å². The van der Waals surface area contributed by atoms with E-state index in [4.69, 9.17) is 10.5 Å². The zero-order valence-electron chi connectivity index (χ0n) is 11.8. The fourth-order valence-corrected chi connectivity index (χ4v) is 2.24. The normalized spacial score (nSPS) is 22.2. The van der Waals surface area contributed by atoms with E-state index >= 15 is 0 Å². The van der Waals surface area contributed by atoms with Gasteiger partial charge in [-0.15, -0.1) is 0 Å². The van der Waals surface area contributed by atoms with Gasteiger partial charge in [0.2, 0.25) is 0 Å². The molecule has 0 amide bonds. The van der Waals surface area contributed by atoms with Crippen molar-refractivity contribution in [1.82, 2.24) is 4.90 Å². The number of hydrogen-bond acceptors (Lipinski definition) is 4. The number of esters is 1. The maximum absolute atomic E-state index is 12.1. The van der Waals surface area contributed by atoms with Crippen LogP contribution in [0.25, 0.3) is 0 Å². The van der Waals surface area contributed by atoms with E-state index in [0.29, 0.717) is 19.1 Å². The van der Waals surface area contributed by atoms with Crippen LogP contribution in [-0.2, 0) is 9.53 Å². The Morgan fingerprint density at radius 3 is 2.83 bits per heavy atom. The van der Waals surface area contributed by atoms with Gasteiger partial charge in [-0.3, -0.25) is 9.69 Å². The predicted octanol–water partition coefficient (Wildman–Crippen LogP) is 1.55. The monoisotopic (exact) mass is 254 g/mol. The van der Waals surface area contributed by atoms with Gasteiger partial charge in [-0.1, -0.05) is 32.9 Å². The summed E-state index contributed by atoms with van der Waals surface area (Å²) < 4.78 is 5.36. The quantitative estimate of drug-likeness (QED) is 0.577. The molecule has 4 nitrogen and oxygen atoms in total. The van der Waals surface area contributed by atoms with Gasteiger partial charge in [0.25, 0.3) is 0 Å². The van der Waals surface area contributed by atoms with Crippen LogP contribution in [0.5, 0.6) is 0 Å². The van der Waals surface area contributed by atoms with Crippen molar-refractivity contribution < 1.29 is 9.53 Å². The molecule has 2 unspecified atom stereocenters. The molecule has 0 saturated carbocycles. The van der Waals surface area contributed by atoms with Crippen LogP contribution in [0.2, 0.25) is 0 Å². The third kappa shape index (κ3) is 4.10. The highest BCUT2D eigenvalue weighted by Gasteiger charge is 2.30. The number of nitrogens with two attached hydrogens (primary N) is 1. The van der Waals surface area contributed by atoms with Crippen molar-refractivity contribution in [1.29, 1.82) is 0 Å². The number of carbonyl (C=O) groups excluding carboxylic acids is 1. The minimum absolute atomic E-state index is 0.111. The molecule has 1 aliphatic heterocycles. The van der Waals surface area contributed by atoms with Crippen LogP contribution in [0.15, 0.2) is 12.2 Å². The first kappa shape index (κ1) is 15.2. The zero-order valence-corrected chi connectivity index (χ0v) is 11.8. The molecule has 0 bridgehead atoms. The maximum Gasteiger partial charge on any atom is 0.323 e. The summed E-state index contributed by atoms with van der Waals surface area (Å²) in [4.78, 5) is 14.3. The molecule has 104 valence electrons. The van der Waals surface area contributed by atoms with Crippen molar-refractivity contribution >= 4 is 5.97 Å². The van der Waals surface area contributed by atoms with Crippen LogP contribution >= 0.6 is 0 Å². The first-order chi connectivity index (χ1) is 8.60. The second-order valence-electron chi connectivity index (χ2n) is 5.21. The van der Waals surface area contributed by atoms with E-state index < -0.39 is 0 Å². The van der Waals surface area contributed by atoms with E-state index in [1.54, 1.807) is 0 Å². The lowest BCUT2D eigenvalue weighted by Crippen LogP contribution is -2.51. The molecule has 0 radical (unpaired) electrons. The molecule has 18 heavy (non-hydrogen) atoms. The Labute approximate surface area is 110 Å². The second kappa shape index (κ2) is 7.54. The summed E-state index contributed by atoms with van der Waals surface area (Å²) in [5.41, 5.74) is 5.76. The highest BCUT2D eigenvalue weighted by atomic mass is 16.5. The highest BCUT2D eigenvalue weighted by molar-refractivity contribution is 5.75. The van der Waals surface area contributed by atoms with Gasteiger partial charge < -0.3 is 10.5 Å². The lowest BCUT2D eigenvalue weighted by molar-refractivity contribution is -0.152. The standard InChI is InChI=1S/C14H26N2O2/c1-4-13(14(17)18-10-11(2)3)16-8-6-5-7-12(16)9-15/h5,7,11-13H,4,6,8-10,15H2,1-3H3. The average Bonchev–Trinajstić information content (AvgIpc) is 2.37. The minimum Gasteiger partial charge on any atom is -0.464 e. The number of ether oxygens (including phenoxy) is 1. The van der Waals surface area contributed by atoms with Crippen molar-refractivity contribution in [2.75, 3.05) is 19.7 Å². The lowest BCUT2D eigenvalue weighted by Gasteiger charge is -2.36. The van der Waals surface area contributed by atoms with Crippen molar-refractivity contribution in [3.63, 3.8) is 0 Å². The molecule has 4 heteroatoms. The topological polar surface area (TPSA) is 55.6 Å². The summed E-state index contributed by atoms with van der Waals surface area (Å²) in [5.74, 6) is 0.262. The number of rotatable bonds is 6. The minimum atomic E-state index is -0.165. The van der Waals surface area contributed by atoms with E-state index in [1.165, 1.54) is 0 Å². The molecule has 0 spiro atoms. The molecule has 1 aliphatic rings. The Morgan fingerprint density at radius 1 is 1.56 bits per heavy atom. The summed E-state index contributed by atoms with van der Waals surface area (Å²) in [6, 6.07) is -0.00227. The zero-order chi connectivity index (χ0) is 13.5. The molecule has 1 rings (SSSR count). The average molecular weight is 254 g/mol. The summed E-state index contributed by atoms with van der Waals surface area (Å²) in [5, 5.41) is 0. The van der Waals surface area contributed by atoms with E-state index in [1.807, 2.05) is 20.8 Å². The molecule has 2 atom stereocenters. The Bertz CT molecular complexity index is 290. The van der Waals surface area contributed by atoms with Gasteiger partial charge in [-0.2, -0.15) is 0 Å². The van der Waals surface area contributed by atoms with Gasteiger partial charge in [0.05, 0.1) is 6.61 Å².